The molecule has 2 rings (SSSR count). The molecule has 1 aromatic heterocycles. The molecule has 3 N–H and O–H groups in total. The molecule has 3 unspecified atom stereocenters. The number of nitrogens with two attached hydrogens (primary N) is 1. The summed E-state index contributed by atoms with van der Waals surface area (Å²) in [6, 6.07) is 4.54. The zero-order valence-electron chi connectivity index (χ0n) is 12.0. The Morgan fingerprint density at radius 1 is 1.63 bits per heavy atom. The van der Waals surface area contributed by atoms with Crippen LogP contribution in [-0.2, 0) is 11.2 Å². The molecule has 3 nitrogen and oxygen atoms in total. The van der Waals surface area contributed by atoms with Crippen LogP contribution in [0, 0.1) is 5.92 Å². The number of ether oxygens (including phenoxy) is 1. The molecule has 1 aliphatic rings. The van der Waals surface area contributed by atoms with Crippen molar-refractivity contribution < 1.29 is 4.74 Å². The Morgan fingerprint density at radius 2 is 2.47 bits per heavy atom. The lowest BCUT2D eigenvalue weighted by Crippen LogP contribution is -2.56. The second-order valence-corrected chi connectivity index (χ2v) is 6.84. The van der Waals surface area contributed by atoms with Crippen LogP contribution in [0.5, 0.6) is 0 Å². The summed E-state index contributed by atoms with van der Waals surface area (Å²) in [5, 5.41) is 2.13. The van der Waals surface area contributed by atoms with E-state index in [2.05, 4.69) is 29.9 Å². The van der Waals surface area contributed by atoms with Gasteiger partial charge in [0, 0.05) is 12.0 Å². The third kappa shape index (κ3) is 3.57. The lowest BCUT2D eigenvalue weighted by molar-refractivity contribution is -0.0808. The zero-order chi connectivity index (χ0) is 13.7. The summed E-state index contributed by atoms with van der Waals surface area (Å²) in [7, 11) is 1.84. The summed E-state index contributed by atoms with van der Waals surface area (Å²) in [5.41, 5.74) is 2.95. The third-order valence-electron chi connectivity index (χ3n) is 4.49. The highest BCUT2D eigenvalue weighted by molar-refractivity contribution is 7.09. The molecule has 0 saturated heterocycles. The summed E-state index contributed by atoms with van der Waals surface area (Å²) in [6.07, 6.45) is 6.90. The van der Waals surface area contributed by atoms with Crippen molar-refractivity contribution >= 4 is 11.3 Å². The van der Waals surface area contributed by atoms with Gasteiger partial charge in [0.25, 0.3) is 0 Å². The minimum atomic E-state index is -0.0797. The summed E-state index contributed by atoms with van der Waals surface area (Å²) in [6.45, 7) is 2.32. The number of aryl methyl sites for hydroxylation is 1. The molecule has 0 aliphatic heterocycles. The molecular formula is C15H26N2OS. The normalized spacial score (nSPS) is 29.3. The highest BCUT2D eigenvalue weighted by atomic mass is 32.1. The molecule has 0 amide bonds. The predicted molar refractivity (Wildman–Crippen MR) is 81.1 cm³/mol. The zero-order valence-corrected chi connectivity index (χ0v) is 12.8. The fourth-order valence-corrected chi connectivity index (χ4v) is 4.15. The molecule has 0 spiro atoms. The average Bonchev–Trinajstić information content (AvgIpc) is 2.92. The van der Waals surface area contributed by atoms with Gasteiger partial charge in [-0.15, -0.1) is 11.3 Å². The van der Waals surface area contributed by atoms with E-state index in [0.29, 0.717) is 0 Å². The molecule has 0 bridgehead atoms. The van der Waals surface area contributed by atoms with Crippen LogP contribution >= 0.6 is 11.3 Å². The smallest absolute Gasteiger partial charge is 0.0847 e. The summed E-state index contributed by atoms with van der Waals surface area (Å²) < 4.78 is 5.93. The number of methoxy groups -OCH3 is 1. The molecule has 4 heteroatoms. The first-order chi connectivity index (χ1) is 9.20. The van der Waals surface area contributed by atoms with Crippen molar-refractivity contribution in [2.24, 2.45) is 11.8 Å². The number of hydrogen-bond acceptors (Lipinski definition) is 4. The van der Waals surface area contributed by atoms with Gasteiger partial charge in [0.05, 0.1) is 11.6 Å². The first-order valence-corrected chi connectivity index (χ1v) is 8.12. The van der Waals surface area contributed by atoms with E-state index < -0.39 is 0 Å². The monoisotopic (exact) mass is 282 g/mol. The molecule has 1 heterocycles. The molecule has 0 aromatic carbocycles. The highest BCUT2D eigenvalue weighted by Gasteiger charge is 2.41. The van der Waals surface area contributed by atoms with Crippen molar-refractivity contribution in [2.45, 2.75) is 57.1 Å². The van der Waals surface area contributed by atoms with E-state index in [-0.39, 0.29) is 11.6 Å². The van der Waals surface area contributed by atoms with Gasteiger partial charge in [0.1, 0.15) is 0 Å². The summed E-state index contributed by atoms with van der Waals surface area (Å²) in [4.78, 5) is 1.43. The van der Waals surface area contributed by atoms with E-state index in [4.69, 9.17) is 10.6 Å². The van der Waals surface area contributed by atoms with Gasteiger partial charge >= 0.3 is 0 Å². The van der Waals surface area contributed by atoms with E-state index in [1.165, 1.54) is 17.7 Å². The summed E-state index contributed by atoms with van der Waals surface area (Å²) in [5.74, 6) is 6.55. The molecule has 19 heavy (non-hydrogen) atoms. The van der Waals surface area contributed by atoms with Gasteiger partial charge in [-0.2, -0.15) is 0 Å². The number of hydrazine groups is 1. The van der Waals surface area contributed by atoms with Crippen LogP contribution in [0.1, 0.15) is 43.9 Å². The van der Waals surface area contributed by atoms with E-state index in [1.54, 1.807) is 0 Å². The van der Waals surface area contributed by atoms with Gasteiger partial charge in [-0.25, -0.2) is 0 Å². The Bertz CT molecular complexity index is 368. The molecule has 1 saturated carbocycles. The molecule has 3 atom stereocenters. The van der Waals surface area contributed by atoms with Crippen LogP contribution in [0.25, 0.3) is 0 Å². The van der Waals surface area contributed by atoms with Crippen molar-refractivity contribution in [2.75, 3.05) is 7.11 Å². The molecule has 108 valence electrons. The Balaban J connectivity index is 2.01. The van der Waals surface area contributed by atoms with Crippen molar-refractivity contribution in [3.05, 3.63) is 22.4 Å². The van der Waals surface area contributed by atoms with Crippen LogP contribution in [0.3, 0.4) is 0 Å². The van der Waals surface area contributed by atoms with Crippen molar-refractivity contribution in [1.82, 2.24) is 5.43 Å². The Labute approximate surface area is 120 Å². The Hall–Kier alpha value is -0.420. The Morgan fingerprint density at radius 3 is 3.05 bits per heavy atom. The highest BCUT2D eigenvalue weighted by Crippen LogP contribution is 2.38. The predicted octanol–water partition coefficient (Wildman–Crippen LogP) is 3.11. The van der Waals surface area contributed by atoms with Crippen molar-refractivity contribution in [3.63, 3.8) is 0 Å². The third-order valence-corrected chi connectivity index (χ3v) is 5.43. The minimum Gasteiger partial charge on any atom is -0.377 e. The van der Waals surface area contributed by atoms with Crippen LogP contribution in [0.2, 0.25) is 0 Å². The van der Waals surface area contributed by atoms with Gasteiger partial charge in [0.15, 0.2) is 0 Å². The maximum absolute atomic E-state index is 5.93. The fraction of sp³-hybridized carbons (Fsp3) is 0.733. The molecule has 1 aliphatic carbocycles. The molecule has 1 fully saturated rings. The van der Waals surface area contributed by atoms with Crippen molar-refractivity contribution in [3.8, 4) is 0 Å². The number of rotatable bonds is 6. The fourth-order valence-electron chi connectivity index (χ4n) is 3.43. The number of thiophene rings is 1. The Kier molecular flexibility index (Phi) is 5.39. The van der Waals surface area contributed by atoms with E-state index >= 15 is 0 Å². The van der Waals surface area contributed by atoms with E-state index in [0.717, 1.165) is 31.6 Å². The van der Waals surface area contributed by atoms with Crippen LogP contribution in [0.4, 0.5) is 0 Å². The van der Waals surface area contributed by atoms with E-state index in [1.807, 2.05) is 18.4 Å². The number of hydrogen-bond donors (Lipinski definition) is 2. The second-order valence-electron chi connectivity index (χ2n) is 5.81. The quantitative estimate of drug-likeness (QED) is 0.622. The SMILES string of the molecule is COC1(C(CCc2cccs2)NN)CCCC(C)C1. The number of nitrogens with one attached hydrogen (secondary N) is 1. The largest absolute Gasteiger partial charge is 0.377 e. The maximum atomic E-state index is 5.93. The van der Waals surface area contributed by atoms with Gasteiger partial charge in [-0.05, 0) is 43.0 Å². The van der Waals surface area contributed by atoms with E-state index in [9.17, 15) is 0 Å². The minimum absolute atomic E-state index is 0.0797. The van der Waals surface area contributed by atoms with Crippen molar-refractivity contribution in [1.29, 1.82) is 0 Å². The molecule has 1 aromatic rings. The van der Waals surface area contributed by atoms with Crippen LogP contribution in [-0.4, -0.2) is 18.8 Å². The lowest BCUT2D eigenvalue weighted by atomic mass is 9.73. The van der Waals surface area contributed by atoms with Crippen LogP contribution < -0.4 is 11.3 Å². The van der Waals surface area contributed by atoms with Gasteiger partial charge in [-0.1, -0.05) is 25.8 Å². The maximum Gasteiger partial charge on any atom is 0.0847 e. The van der Waals surface area contributed by atoms with Gasteiger partial charge in [-0.3, -0.25) is 11.3 Å². The lowest BCUT2D eigenvalue weighted by Gasteiger charge is -2.44. The average molecular weight is 282 g/mol. The van der Waals surface area contributed by atoms with Gasteiger partial charge in [0.2, 0.25) is 0 Å². The molecule has 0 radical (unpaired) electrons. The topological polar surface area (TPSA) is 47.3 Å². The first kappa shape index (κ1) is 15.0. The van der Waals surface area contributed by atoms with Crippen LogP contribution in [0.15, 0.2) is 17.5 Å². The summed E-state index contributed by atoms with van der Waals surface area (Å²) >= 11 is 1.82. The second kappa shape index (κ2) is 6.84. The standard InChI is InChI=1S/C15H26N2OS/c1-12-5-3-9-15(11-12,18-2)14(17-16)8-7-13-6-4-10-19-13/h4,6,10,12,14,17H,3,5,7-9,11,16H2,1-2H3. The first-order valence-electron chi connectivity index (χ1n) is 7.24. The molecular weight excluding hydrogens is 256 g/mol. The van der Waals surface area contributed by atoms with Gasteiger partial charge < -0.3 is 4.74 Å².